The molecule has 24 heavy (non-hydrogen) atoms. The van der Waals surface area contributed by atoms with Gasteiger partial charge in [-0.15, -0.1) is 0 Å². The van der Waals surface area contributed by atoms with Crippen LogP contribution in [-0.2, 0) is 11.3 Å². The molecule has 0 bridgehead atoms. The third-order valence-corrected chi connectivity index (χ3v) is 3.27. The second-order valence-electron chi connectivity index (χ2n) is 5.09. The van der Waals surface area contributed by atoms with Crippen LogP contribution in [0.4, 0.5) is 13.6 Å². The molecular weight excluding hydrogens is 320 g/mol. The Morgan fingerprint density at radius 1 is 1.21 bits per heavy atom. The lowest BCUT2D eigenvalue weighted by atomic mass is 10.1. The summed E-state index contributed by atoms with van der Waals surface area (Å²) in [7, 11) is 0. The van der Waals surface area contributed by atoms with E-state index in [0.717, 1.165) is 12.1 Å². The van der Waals surface area contributed by atoms with E-state index in [1.54, 1.807) is 19.1 Å². The highest BCUT2D eigenvalue weighted by Gasteiger charge is 2.12. The van der Waals surface area contributed by atoms with E-state index in [1.165, 1.54) is 12.3 Å². The number of amides is 3. The van der Waals surface area contributed by atoms with E-state index in [2.05, 4.69) is 16.0 Å². The lowest BCUT2D eigenvalue weighted by Gasteiger charge is -2.14. The normalized spacial score (nSPS) is 11.8. The summed E-state index contributed by atoms with van der Waals surface area (Å²) in [6.07, 6.45) is 1.48. The van der Waals surface area contributed by atoms with Gasteiger partial charge in [0.05, 0.1) is 19.4 Å². The molecule has 0 aliphatic heterocycles. The maximum absolute atomic E-state index is 13.2. The standard InChI is InChI=1S/C16H17F2N3O3/c1-10(11-4-5-13(17)14(18)7-11)19-9-15(22)21-16(23)20-8-12-3-2-6-24-12/h2-7,10,19H,8-9H2,1H3,(H2,20,21,22,23)/t10-/m1/s1. The molecule has 3 N–H and O–H groups in total. The van der Waals surface area contributed by atoms with E-state index < -0.39 is 29.6 Å². The molecule has 0 saturated heterocycles. The summed E-state index contributed by atoms with van der Waals surface area (Å²) in [5, 5.41) is 7.43. The Labute approximate surface area is 137 Å². The van der Waals surface area contributed by atoms with Crippen LogP contribution in [0, 0.1) is 11.6 Å². The van der Waals surface area contributed by atoms with Crippen molar-refractivity contribution in [1.29, 1.82) is 0 Å². The number of halogens is 2. The summed E-state index contributed by atoms with van der Waals surface area (Å²) in [5.74, 6) is -1.89. The number of carbonyl (C=O) groups excluding carboxylic acids is 2. The molecule has 0 aliphatic rings. The van der Waals surface area contributed by atoms with Crippen molar-refractivity contribution in [2.75, 3.05) is 6.54 Å². The number of hydrogen-bond acceptors (Lipinski definition) is 4. The van der Waals surface area contributed by atoms with Crippen LogP contribution in [0.25, 0.3) is 0 Å². The monoisotopic (exact) mass is 337 g/mol. The molecule has 128 valence electrons. The minimum atomic E-state index is -0.956. The quantitative estimate of drug-likeness (QED) is 0.755. The highest BCUT2D eigenvalue weighted by Crippen LogP contribution is 2.15. The molecule has 0 fully saturated rings. The lowest BCUT2D eigenvalue weighted by Crippen LogP contribution is -2.43. The zero-order valence-electron chi connectivity index (χ0n) is 12.9. The number of furan rings is 1. The van der Waals surface area contributed by atoms with Crippen LogP contribution in [0.5, 0.6) is 0 Å². The topological polar surface area (TPSA) is 83.4 Å². The van der Waals surface area contributed by atoms with Crippen molar-refractivity contribution in [2.24, 2.45) is 0 Å². The van der Waals surface area contributed by atoms with Crippen LogP contribution in [0.15, 0.2) is 41.0 Å². The van der Waals surface area contributed by atoms with Gasteiger partial charge in [0.15, 0.2) is 11.6 Å². The second-order valence-corrected chi connectivity index (χ2v) is 5.09. The molecule has 0 spiro atoms. The molecule has 0 unspecified atom stereocenters. The molecule has 0 aliphatic carbocycles. The van der Waals surface area contributed by atoms with Crippen molar-refractivity contribution >= 4 is 11.9 Å². The van der Waals surface area contributed by atoms with Gasteiger partial charge in [-0.3, -0.25) is 10.1 Å². The van der Waals surface area contributed by atoms with Gasteiger partial charge < -0.3 is 15.1 Å². The van der Waals surface area contributed by atoms with Gasteiger partial charge in [-0.2, -0.15) is 0 Å². The first-order valence-corrected chi connectivity index (χ1v) is 7.24. The minimum Gasteiger partial charge on any atom is -0.467 e. The first-order valence-electron chi connectivity index (χ1n) is 7.24. The van der Waals surface area contributed by atoms with E-state index in [4.69, 9.17) is 4.42 Å². The summed E-state index contributed by atoms with van der Waals surface area (Å²) in [4.78, 5) is 23.2. The average Bonchev–Trinajstić information content (AvgIpc) is 3.06. The average molecular weight is 337 g/mol. The van der Waals surface area contributed by atoms with Crippen molar-refractivity contribution in [1.82, 2.24) is 16.0 Å². The molecule has 8 heteroatoms. The maximum atomic E-state index is 13.2. The Hall–Kier alpha value is -2.74. The van der Waals surface area contributed by atoms with Gasteiger partial charge in [-0.05, 0) is 36.8 Å². The van der Waals surface area contributed by atoms with Gasteiger partial charge in [0, 0.05) is 6.04 Å². The van der Waals surface area contributed by atoms with Gasteiger partial charge in [-0.1, -0.05) is 6.07 Å². The molecule has 1 atom stereocenters. The van der Waals surface area contributed by atoms with E-state index in [9.17, 15) is 18.4 Å². The van der Waals surface area contributed by atoms with Crippen molar-refractivity contribution in [2.45, 2.75) is 19.5 Å². The van der Waals surface area contributed by atoms with Gasteiger partial charge in [-0.25, -0.2) is 13.6 Å². The predicted molar refractivity (Wildman–Crippen MR) is 81.9 cm³/mol. The first-order chi connectivity index (χ1) is 11.5. The van der Waals surface area contributed by atoms with Crippen molar-refractivity contribution in [3.8, 4) is 0 Å². The van der Waals surface area contributed by atoms with Gasteiger partial charge >= 0.3 is 6.03 Å². The number of imide groups is 1. The second kappa shape index (κ2) is 8.21. The summed E-state index contributed by atoms with van der Waals surface area (Å²) in [6.45, 7) is 1.69. The largest absolute Gasteiger partial charge is 0.467 e. The predicted octanol–water partition coefficient (Wildman–Crippen LogP) is 2.23. The van der Waals surface area contributed by atoms with E-state index >= 15 is 0 Å². The summed E-state index contributed by atoms with van der Waals surface area (Å²) >= 11 is 0. The number of hydrogen-bond donors (Lipinski definition) is 3. The number of carbonyl (C=O) groups is 2. The Morgan fingerprint density at radius 2 is 2.00 bits per heavy atom. The third kappa shape index (κ3) is 5.17. The van der Waals surface area contributed by atoms with Crippen LogP contribution in [-0.4, -0.2) is 18.5 Å². The molecule has 2 rings (SSSR count). The maximum Gasteiger partial charge on any atom is 0.321 e. The van der Waals surface area contributed by atoms with Crippen LogP contribution in [0.2, 0.25) is 0 Å². The summed E-state index contributed by atoms with van der Waals surface area (Å²) in [5.41, 5.74) is 0.490. The van der Waals surface area contributed by atoms with Crippen molar-refractivity contribution in [3.05, 3.63) is 59.6 Å². The summed E-state index contributed by atoms with van der Waals surface area (Å²) in [6, 6.07) is 5.82. The van der Waals surface area contributed by atoms with Crippen LogP contribution in [0.1, 0.15) is 24.3 Å². The van der Waals surface area contributed by atoms with Crippen LogP contribution < -0.4 is 16.0 Å². The zero-order chi connectivity index (χ0) is 17.5. The molecule has 0 saturated carbocycles. The molecule has 1 aromatic carbocycles. The highest BCUT2D eigenvalue weighted by atomic mass is 19.2. The number of rotatable bonds is 6. The first kappa shape index (κ1) is 17.6. The number of nitrogens with one attached hydrogen (secondary N) is 3. The lowest BCUT2D eigenvalue weighted by molar-refractivity contribution is -0.119. The van der Waals surface area contributed by atoms with Crippen LogP contribution in [0.3, 0.4) is 0 Å². The fourth-order valence-electron chi connectivity index (χ4n) is 1.94. The molecule has 1 heterocycles. The van der Waals surface area contributed by atoms with E-state index in [1.807, 2.05) is 0 Å². The highest BCUT2D eigenvalue weighted by molar-refractivity contribution is 5.95. The number of urea groups is 1. The smallest absolute Gasteiger partial charge is 0.321 e. The Bertz CT molecular complexity index is 705. The van der Waals surface area contributed by atoms with Crippen LogP contribution >= 0.6 is 0 Å². The zero-order valence-corrected chi connectivity index (χ0v) is 12.9. The molecule has 3 amide bonds. The molecule has 0 radical (unpaired) electrons. The molecule has 2 aromatic rings. The Balaban J connectivity index is 1.73. The minimum absolute atomic E-state index is 0.158. The molecule has 6 nitrogen and oxygen atoms in total. The van der Waals surface area contributed by atoms with Gasteiger partial charge in [0.1, 0.15) is 5.76 Å². The molecular formula is C16H17F2N3O3. The Morgan fingerprint density at radius 3 is 2.67 bits per heavy atom. The summed E-state index contributed by atoms with van der Waals surface area (Å²) < 4.78 is 31.1. The van der Waals surface area contributed by atoms with Crippen molar-refractivity contribution < 1.29 is 22.8 Å². The fourth-order valence-corrected chi connectivity index (χ4v) is 1.94. The van der Waals surface area contributed by atoms with Crippen molar-refractivity contribution in [3.63, 3.8) is 0 Å². The Kier molecular flexibility index (Phi) is 6.02. The third-order valence-electron chi connectivity index (χ3n) is 3.27. The van der Waals surface area contributed by atoms with Gasteiger partial charge in [0.25, 0.3) is 0 Å². The number of benzene rings is 1. The van der Waals surface area contributed by atoms with Gasteiger partial charge in [0.2, 0.25) is 5.91 Å². The SMILES string of the molecule is C[C@@H](NCC(=O)NC(=O)NCc1ccco1)c1ccc(F)c(F)c1. The van der Waals surface area contributed by atoms with E-state index in [-0.39, 0.29) is 13.1 Å². The molecule has 1 aromatic heterocycles. The fraction of sp³-hybridized carbons (Fsp3) is 0.250. The van der Waals surface area contributed by atoms with E-state index in [0.29, 0.717) is 11.3 Å².